The first-order valence-electron chi connectivity index (χ1n) is 7.43. The first-order chi connectivity index (χ1) is 10.6. The number of nitrogens with zero attached hydrogens (tertiary/aromatic N) is 1. The molecular weight excluding hydrogens is 294 g/mol. The van der Waals surface area contributed by atoms with Gasteiger partial charge in [-0.1, -0.05) is 36.4 Å². The number of hydrogen-bond donors (Lipinski definition) is 0. The molecule has 0 spiro atoms. The summed E-state index contributed by atoms with van der Waals surface area (Å²) < 4.78 is 25.8. The second-order valence-electron chi connectivity index (χ2n) is 5.96. The third kappa shape index (κ3) is 1.87. The van der Waals surface area contributed by atoms with E-state index >= 15 is 0 Å². The Kier molecular flexibility index (Phi) is 2.99. The van der Waals surface area contributed by atoms with Gasteiger partial charge < -0.3 is 4.90 Å². The van der Waals surface area contributed by atoms with Crippen molar-refractivity contribution >= 4 is 15.4 Å². The molecular formula is C18H17NO2S. The molecule has 2 aliphatic heterocycles. The van der Waals surface area contributed by atoms with E-state index in [1.165, 1.54) is 5.57 Å². The second-order valence-corrected chi connectivity index (χ2v) is 7.85. The van der Waals surface area contributed by atoms with Crippen molar-refractivity contribution in [3.05, 3.63) is 65.2 Å². The molecule has 2 heterocycles. The fraction of sp³-hybridized carbons (Fsp3) is 0.222. The molecule has 4 heteroatoms. The highest BCUT2D eigenvalue weighted by atomic mass is 32.2. The van der Waals surface area contributed by atoms with Crippen LogP contribution in [0.3, 0.4) is 0 Å². The van der Waals surface area contributed by atoms with Crippen LogP contribution in [0.4, 0.5) is 0 Å². The lowest BCUT2D eigenvalue weighted by molar-refractivity contribution is 0.425. The minimum Gasteiger partial charge on any atom is -0.302 e. The van der Waals surface area contributed by atoms with Crippen LogP contribution in [0, 0.1) is 0 Å². The summed E-state index contributed by atoms with van der Waals surface area (Å²) >= 11 is 0. The summed E-state index contributed by atoms with van der Waals surface area (Å²) in [7, 11) is -1.32. The Morgan fingerprint density at radius 1 is 0.909 bits per heavy atom. The summed E-state index contributed by atoms with van der Waals surface area (Å²) in [6, 6.07) is 14.7. The molecule has 112 valence electrons. The van der Waals surface area contributed by atoms with Crippen molar-refractivity contribution in [2.45, 2.75) is 16.2 Å². The van der Waals surface area contributed by atoms with Gasteiger partial charge in [0.1, 0.15) is 0 Å². The molecule has 1 saturated heterocycles. The smallest absolute Gasteiger partial charge is 0.207 e. The van der Waals surface area contributed by atoms with Crippen molar-refractivity contribution in [1.82, 2.24) is 4.90 Å². The van der Waals surface area contributed by atoms with E-state index in [4.69, 9.17) is 0 Å². The minimum atomic E-state index is -3.43. The van der Waals surface area contributed by atoms with Crippen molar-refractivity contribution in [1.29, 1.82) is 0 Å². The molecule has 0 N–H and O–H groups in total. The van der Waals surface area contributed by atoms with E-state index < -0.39 is 9.84 Å². The van der Waals surface area contributed by atoms with E-state index in [0.29, 0.717) is 9.79 Å². The maximum absolute atomic E-state index is 12.9. The van der Waals surface area contributed by atoms with Gasteiger partial charge >= 0.3 is 0 Å². The third-order valence-corrected chi connectivity index (χ3v) is 6.37. The summed E-state index contributed by atoms with van der Waals surface area (Å²) in [6.07, 6.45) is 0.995. The van der Waals surface area contributed by atoms with Crippen molar-refractivity contribution in [3.8, 4) is 0 Å². The Labute approximate surface area is 130 Å². The number of fused-ring (bicyclic) bond motifs is 2. The maximum atomic E-state index is 12.9. The molecule has 0 radical (unpaired) electrons. The van der Waals surface area contributed by atoms with Gasteiger partial charge in [0.05, 0.1) is 9.79 Å². The Balaban J connectivity index is 2.10. The Morgan fingerprint density at radius 2 is 1.45 bits per heavy atom. The fourth-order valence-corrected chi connectivity index (χ4v) is 5.14. The molecule has 1 fully saturated rings. The Hall–Kier alpha value is -1.91. The van der Waals surface area contributed by atoms with Gasteiger partial charge in [-0.15, -0.1) is 0 Å². The third-order valence-electron chi connectivity index (χ3n) is 4.50. The number of likely N-dealkylation sites (N-methyl/N-ethyl adjacent to an activating group) is 1. The van der Waals surface area contributed by atoms with Crippen molar-refractivity contribution < 1.29 is 8.42 Å². The normalized spacial score (nSPS) is 19.9. The molecule has 4 rings (SSSR count). The average Bonchev–Trinajstić information content (AvgIpc) is 2.94. The van der Waals surface area contributed by atoms with Gasteiger partial charge in [0, 0.05) is 24.2 Å². The highest BCUT2D eigenvalue weighted by molar-refractivity contribution is 7.91. The van der Waals surface area contributed by atoms with Crippen molar-refractivity contribution in [3.63, 3.8) is 0 Å². The average molecular weight is 311 g/mol. The lowest BCUT2D eigenvalue weighted by Crippen LogP contribution is -2.16. The zero-order valence-corrected chi connectivity index (χ0v) is 13.2. The molecule has 22 heavy (non-hydrogen) atoms. The number of hydrogen-bond acceptors (Lipinski definition) is 3. The maximum Gasteiger partial charge on any atom is 0.207 e. The van der Waals surface area contributed by atoms with Crippen LogP contribution in [0.2, 0.25) is 0 Å². The van der Waals surface area contributed by atoms with Crippen LogP contribution in [0.15, 0.2) is 63.9 Å². The summed E-state index contributed by atoms with van der Waals surface area (Å²) in [5.41, 5.74) is 4.15. The van der Waals surface area contributed by atoms with Gasteiger partial charge in [-0.2, -0.15) is 0 Å². The van der Waals surface area contributed by atoms with Gasteiger partial charge in [0.15, 0.2) is 0 Å². The van der Waals surface area contributed by atoms with E-state index in [0.717, 1.165) is 36.2 Å². The quantitative estimate of drug-likeness (QED) is 0.640. The van der Waals surface area contributed by atoms with E-state index in [1.54, 1.807) is 24.3 Å². The first-order valence-corrected chi connectivity index (χ1v) is 8.92. The van der Waals surface area contributed by atoms with Crippen molar-refractivity contribution in [2.75, 3.05) is 20.1 Å². The minimum absolute atomic E-state index is 0.436. The lowest BCUT2D eigenvalue weighted by Gasteiger charge is -2.24. The van der Waals surface area contributed by atoms with Crippen LogP contribution in [0.1, 0.15) is 17.5 Å². The van der Waals surface area contributed by atoms with Gasteiger partial charge in [-0.3, -0.25) is 0 Å². The molecule has 3 nitrogen and oxygen atoms in total. The molecule has 0 aromatic heterocycles. The highest BCUT2D eigenvalue weighted by Crippen LogP contribution is 2.43. The van der Waals surface area contributed by atoms with Gasteiger partial charge in [0.2, 0.25) is 9.84 Å². The summed E-state index contributed by atoms with van der Waals surface area (Å²) in [6.45, 7) is 1.92. The predicted molar refractivity (Wildman–Crippen MR) is 86.5 cm³/mol. The zero-order valence-electron chi connectivity index (χ0n) is 12.4. The molecule has 0 saturated carbocycles. The summed E-state index contributed by atoms with van der Waals surface area (Å²) in [4.78, 5) is 3.15. The van der Waals surface area contributed by atoms with Crippen LogP contribution >= 0.6 is 0 Å². The largest absolute Gasteiger partial charge is 0.302 e. The van der Waals surface area contributed by atoms with Crippen molar-refractivity contribution in [2.24, 2.45) is 0 Å². The van der Waals surface area contributed by atoms with E-state index in [2.05, 4.69) is 11.9 Å². The highest BCUT2D eigenvalue weighted by Gasteiger charge is 2.34. The van der Waals surface area contributed by atoms with Gasteiger partial charge in [-0.25, -0.2) is 8.42 Å². The van der Waals surface area contributed by atoms with Crippen LogP contribution in [-0.2, 0) is 9.84 Å². The van der Waals surface area contributed by atoms with E-state index in [-0.39, 0.29) is 0 Å². The molecule has 0 unspecified atom stereocenters. The summed E-state index contributed by atoms with van der Waals surface area (Å²) in [5, 5.41) is 0. The number of benzene rings is 2. The van der Waals surface area contributed by atoms with Gasteiger partial charge in [-0.05, 0) is 36.7 Å². The van der Waals surface area contributed by atoms with E-state index in [1.807, 2.05) is 24.3 Å². The molecule has 2 aliphatic rings. The molecule has 0 aliphatic carbocycles. The van der Waals surface area contributed by atoms with Gasteiger partial charge in [0.25, 0.3) is 0 Å². The standard InChI is InChI=1S/C18H17NO2S/c1-19-11-10-13(12-19)18-14-6-2-4-8-16(14)22(20,21)17-9-5-3-7-15(17)18/h2-9H,10-12H2,1H3. The predicted octanol–water partition coefficient (Wildman–Crippen LogP) is 2.97. The van der Waals surface area contributed by atoms with E-state index in [9.17, 15) is 8.42 Å². The number of rotatable bonds is 0. The summed E-state index contributed by atoms with van der Waals surface area (Å²) in [5.74, 6) is 0. The molecule has 0 atom stereocenters. The van der Waals surface area contributed by atoms with Crippen LogP contribution < -0.4 is 0 Å². The topological polar surface area (TPSA) is 37.4 Å². The second kappa shape index (κ2) is 4.80. The monoisotopic (exact) mass is 311 g/mol. The van der Waals surface area contributed by atoms with Crippen LogP contribution in [0.5, 0.6) is 0 Å². The Bertz CT molecular complexity index is 841. The molecule has 0 amide bonds. The van der Waals surface area contributed by atoms with Crippen LogP contribution in [-0.4, -0.2) is 33.5 Å². The molecule has 2 aromatic rings. The lowest BCUT2D eigenvalue weighted by atomic mass is 9.92. The number of likely N-dealkylation sites (tertiary alicyclic amines) is 1. The number of sulfone groups is 1. The SMILES string of the molecule is CN1CCC(=C2c3ccccc3S(=O)(=O)c3ccccc32)C1. The Morgan fingerprint density at radius 3 is 1.95 bits per heavy atom. The zero-order chi connectivity index (χ0) is 15.3. The van der Waals surface area contributed by atoms with Crippen LogP contribution in [0.25, 0.3) is 5.57 Å². The first kappa shape index (κ1) is 13.7. The molecule has 2 aromatic carbocycles. The fourth-order valence-electron chi connectivity index (χ4n) is 3.47. The molecule has 0 bridgehead atoms.